The van der Waals surface area contributed by atoms with Crippen molar-refractivity contribution in [1.82, 2.24) is 0 Å². The molecule has 0 bridgehead atoms. The number of carbonyl (C=O) groups is 3. The molecule has 0 saturated heterocycles. The van der Waals surface area contributed by atoms with Gasteiger partial charge in [0.2, 0.25) is 0 Å². The van der Waals surface area contributed by atoms with Gasteiger partial charge in [-0.2, -0.15) is 0 Å². The van der Waals surface area contributed by atoms with E-state index < -0.39 is 23.3 Å². The number of amides is 1. The fraction of sp³-hybridized carbons (Fsp3) is 0.206. The Morgan fingerprint density at radius 1 is 0.884 bits per heavy atom. The van der Waals surface area contributed by atoms with E-state index in [2.05, 4.69) is 5.32 Å². The molecule has 0 unspecified atom stereocenters. The highest BCUT2D eigenvalue weighted by molar-refractivity contribution is 6.09. The summed E-state index contributed by atoms with van der Waals surface area (Å²) in [6.45, 7) is 5.40. The van der Waals surface area contributed by atoms with E-state index in [1.165, 1.54) is 31.4 Å². The highest BCUT2D eigenvalue weighted by atomic mass is 19.1. The van der Waals surface area contributed by atoms with Crippen molar-refractivity contribution in [3.05, 3.63) is 107 Å². The minimum absolute atomic E-state index is 0.130. The summed E-state index contributed by atoms with van der Waals surface area (Å²) in [5.74, 6) is -1.17. The van der Waals surface area contributed by atoms with E-state index in [0.29, 0.717) is 39.4 Å². The Balaban J connectivity index is 1.53. The van der Waals surface area contributed by atoms with Crippen LogP contribution < -0.4 is 19.7 Å². The van der Waals surface area contributed by atoms with Gasteiger partial charge in [-0.1, -0.05) is 23.8 Å². The van der Waals surface area contributed by atoms with E-state index in [-0.39, 0.29) is 23.8 Å². The van der Waals surface area contributed by atoms with E-state index in [9.17, 15) is 18.8 Å². The number of halogens is 1. The zero-order valence-electron chi connectivity index (χ0n) is 24.5. The fourth-order valence-corrected chi connectivity index (χ4v) is 5.05. The number of aryl methyl sites for hydroxylation is 1. The number of ether oxygens (including phenoxy) is 3. The maximum absolute atomic E-state index is 13.3. The summed E-state index contributed by atoms with van der Waals surface area (Å²) in [7, 11) is 3.17. The van der Waals surface area contributed by atoms with Crippen molar-refractivity contribution in [3.8, 4) is 22.6 Å². The van der Waals surface area contributed by atoms with Gasteiger partial charge in [0.25, 0.3) is 5.91 Å². The number of esters is 2. The largest absolute Gasteiger partial charge is 0.496 e. The van der Waals surface area contributed by atoms with E-state index in [1.807, 2.05) is 31.2 Å². The molecule has 220 valence electrons. The number of methoxy groups -OCH3 is 1. The third kappa shape index (κ3) is 5.92. The number of hydrogen-bond acceptors (Lipinski definition) is 7. The van der Waals surface area contributed by atoms with Crippen molar-refractivity contribution in [1.29, 1.82) is 0 Å². The molecule has 1 aliphatic rings. The molecule has 1 N–H and O–H groups in total. The van der Waals surface area contributed by atoms with Crippen LogP contribution in [0.15, 0.2) is 78.9 Å². The van der Waals surface area contributed by atoms with E-state index in [0.717, 1.165) is 5.56 Å². The summed E-state index contributed by atoms with van der Waals surface area (Å²) in [6, 6.07) is 20.7. The van der Waals surface area contributed by atoms with Crippen LogP contribution in [0.4, 0.5) is 15.8 Å². The topological polar surface area (TPSA) is 94.2 Å². The van der Waals surface area contributed by atoms with Crippen LogP contribution >= 0.6 is 0 Å². The number of nitrogens with one attached hydrogen (secondary N) is 1. The van der Waals surface area contributed by atoms with Crippen molar-refractivity contribution in [2.45, 2.75) is 32.9 Å². The average Bonchev–Trinajstić information content (AvgIpc) is 2.99. The summed E-state index contributed by atoms with van der Waals surface area (Å²) in [4.78, 5) is 40.4. The molecule has 0 aliphatic carbocycles. The van der Waals surface area contributed by atoms with Crippen molar-refractivity contribution >= 4 is 29.2 Å². The lowest BCUT2D eigenvalue weighted by Gasteiger charge is -2.39. The van der Waals surface area contributed by atoms with Crippen molar-refractivity contribution in [3.63, 3.8) is 0 Å². The zero-order valence-corrected chi connectivity index (χ0v) is 24.5. The number of benzene rings is 4. The minimum Gasteiger partial charge on any atom is -0.496 e. The second kappa shape index (κ2) is 11.6. The van der Waals surface area contributed by atoms with Crippen LogP contribution in [-0.4, -0.2) is 37.5 Å². The predicted molar refractivity (Wildman–Crippen MR) is 161 cm³/mol. The lowest BCUT2D eigenvalue weighted by atomic mass is 9.91. The normalized spacial score (nSPS) is 13.5. The minimum atomic E-state index is -0.840. The first-order chi connectivity index (χ1) is 20.5. The average molecular weight is 583 g/mol. The van der Waals surface area contributed by atoms with Crippen molar-refractivity contribution < 1.29 is 33.0 Å². The number of rotatable bonds is 7. The number of anilines is 2. The molecule has 43 heavy (non-hydrogen) atoms. The van der Waals surface area contributed by atoms with E-state index in [4.69, 9.17) is 14.2 Å². The standard InChI is InChI=1S/C34H31FN2O6/c1-20-6-8-21(9-7-20)31(38)42-19-27-25(16-17-28-30(27)37(4)33(40)34(2,3)36-28)26-15-14-24(18-29(26)41-5)43-32(39)22-10-12-23(35)13-11-22/h6-18,36H,19H2,1-5H3. The molecule has 0 fully saturated rings. The van der Waals surface area contributed by atoms with Crippen LogP contribution in [0, 0.1) is 12.7 Å². The van der Waals surface area contributed by atoms with Crippen molar-refractivity contribution in [2.75, 3.05) is 24.4 Å². The van der Waals surface area contributed by atoms with E-state index in [1.54, 1.807) is 56.1 Å². The molecule has 4 aromatic carbocycles. The van der Waals surface area contributed by atoms with Crippen LogP contribution in [0.5, 0.6) is 11.5 Å². The van der Waals surface area contributed by atoms with Crippen LogP contribution in [0.25, 0.3) is 11.1 Å². The number of fused-ring (bicyclic) bond motifs is 1. The number of likely N-dealkylation sites (N-methyl/N-ethyl adjacent to an activating group) is 1. The first-order valence-corrected chi connectivity index (χ1v) is 13.6. The first kappa shape index (κ1) is 29.3. The Kier molecular flexibility index (Phi) is 7.91. The lowest BCUT2D eigenvalue weighted by Crippen LogP contribution is -2.52. The van der Waals surface area contributed by atoms with E-state index >= 15 is 0 Å². The Hall–Kier alpha value is -5.18. The Labute approximate surface area is 249 Å². The highest BCUT2D eigenvalue weighted by Gasteiger charge is 2.39. The predicted octanol–water partition coefficient (Wildman–Crippen LogP) is 6.55. The molecule has 1 amide bonds. The molecule has 9 heteroatoms. The van der Waals surface area contributed by atoms with Gasteiger partial charge in [0, 0.05) is 24.2 Å². The summed E-state index contributed by atoms with van der Waals surface area (Å²) in [5.41, 5.74) is 3.94. The molecule has 4 aromatic rings. The third-order valence-electron chi connectivity index (χ3n) is 7.29. The Morgan fingerprint density at radius 3 is 2.19 bits per heavy atom. The van der Waals surface area contributed by atoms with Crippen LogP contribution in [0.2, 0.25) is 0 Å². The Morgan fingerprint density at radius 2 is 1.51 bits per heavy atom. The van der Waals surface area contributed by atoms with Gasteiger partial charge in [0.15, 0.2) is 0 Å². The smallest absolute Gasteiger partial charge is 0.343 e. The van der Waals surface area contributed by atoms with Gasteiger partial charge in [-0.15, -0.1) is 0 Å². The number of nitrogens with zero attached hydrogens (tertiary/aromatic N) is 1. The lowest BCUT2D eigenvalue weighted by molar-refractivity contribution is -0.121. The summed E-state index contributed by atoms with van der Waals surface area (Å²) in [5, 5.41) is 3.30. The van der Waals surface area contributed by atoms with Gasteiger partial charge in [-0.25, -0.2) is 14.0 Å². The second-order valence-electron chi connectivity index (χ2n) is 10.8. The maximum atomic E-state index is 13.3. The molecule has 0 atom stereocenters. The second-order valence-corrected chi connectivity index (χ2v) is 10.8. The Bertz CT molecular complexity index is 1710. The molecule has 0 saturated carbocycles. The molecule has 0 aromatic heterocycles. The summed E-state index contributed by atoms with van der Waals surface area (Å²) < 4.78 is 30.3. The number of hydrogen-bond donors (Lipinski definition) is 1. The van der Waals surface area contributed by atoms with Gasteiger partial charge in [0.1, 0.15) is 29.5 Å². The molecular formula is C34H31FN2O6. The van der Waals surface area contributed by atoms with Gasteiger partial charge < -0.3 is 24.4 Å². The van der Waals surface area contributed by atoms with Crippen LogP contribution in [0.3, 0.4) is 0 Å². The molecular weight excluding hydrogens is 551 g/mol. The fourth-order valence-electron chi connectivity index (χ4n) is 5.05. The summed E-state index contributed by atoms with van der Waals surface area (Å²) >= 11 is 0. The third-order valence-corrected chi connectivity index (χ3v) is 7.29. The monoisotopic (exact) mass is 582 g/mol. The van der Waals surface area contributed by atoms with Gasteiger partial charge in [0.05, 0.1) is 29.6 Å². The maximum Gasteiger partial charge on any atom is 0.343 e. The molecule has 1 heterocycles. The highest BCUT2D eigenvalue weighted by Crippen LogP contribution is 2.45. The molecule has 1 aliphatic heterocycles. The van der Waals surface area contributed by atoms with Crippen LogP contribution in [0.1, 0.15) is 45.7 Å². The molecule has 5 rings (SSSR count). The SMILES string of the molecule is COc1cc(OC(=O)c2ccc(F)cc2)ccc1-c1ccc2c(c1COC(=O)c1ccc(C)cc1)N(C)C(=O)C(C)(C)N2. The quantitative estimate of drug-likeness (QED) is 0.195. The molecule has 8 nitrogen and oxygen atoms in total. The number of carbonyl (C=O) groups excluding carboxylic acids is 3. The zero-order chi connectivity index (χ0) is 30.9. The molecule has 0 spiro atoms. The van der Waals surface area contributed by atoms with Gasteiger partial charge >= 0.3 is 11.9 Å². The van der Waals surface area contributed by atoms with Gasteiger partial charge in [-0.3, -0.25) is 4.79 Å². The van der Waals surface area contributed by atoms with Crippen molar-refractivity contribution in [2.24, 2.45) is 0 Å². The first-order valence-electron chi connectivity index (χ1n) is 13.6. The van der Waals surface area contributed by atoms with Crippen LogP contribution in [-0.2, 0) is 16.1 Å². The summed E-state index contributed by atoms with van der Waals surface area (Å²) in [6.07, 6.45) is 0. The molecule has 0 radical (unpaired) electrons. The van der Waals surface area contributed by atoms with Gasteiger partial charge in [-0.05, 0) is 80.9 Å².